The van der Waals surface area contributed by atoms with Gasteiger partial charge in [0.2, 0.25) is 0 Å². The Bertz CT molecular complexity index is 551. The Hall–Kier alpha value is -1.70. The van der Waals surface area contributed by atoms with Crippen LogP contribution in [0.4, 0.5) is 0 Å². The molecule has 90 valence electrons. The average molecular weight is 229 g/mol. The maximum absolute atomic E-state index is 9.08. The van der Waals surface area contributed by atoms with Crippen LogP contribution in [-0.2, 0) is 6.42 Å². The lowest BCUT2D eigenvalue weighted by atomic mass is 10.0. The fourth-order valence-electron chi connectivity index (χ4n) is 2.34. The van der Waals surface area contributed by atoms with Crippen molar-refractivity contribution in [2.45, 2.75) is 33.1 Å². The molecule has 1 heterocycles. The Balaban J connectivity index is 2.26. The molecule has 0 spiro atoms. The van der Waals surface area contributed by atoms with Crippen LogP contribution in [0.1, 0.15) is 29.5 Å². The molecule has 2 nitrogen and oxygen atoms in total. The first kappa shape index (κ1) is 11.8. The molecule has 0 aliphatic carbocycles. The minimum absolute atomic E-state index is 0.275. The van der Waals surface area contributed by atoms with E-state index < -0.39 is 0 Å². The molecule has 2 rings (SSSR count). The molecular formula is C15H19NO. The van der Waals surface area contributed by atoms with E-state index in [1.54, 1.807) is 0 Å². The fourth-order valence-corrected chi connectivity index (χ4v) is 2.34. The van der Waals surface area contributed by atoms with Gasteiger partial charge in [-0.3, -0.25) is 0 Å². The van der Waals surface area contributed by atoms with Crippen molar-refractivity contribution in [1.29, 1.82) is 0 Å². The second-order valence-electron chi connectivity index (χ2n) is 4.74. The van der Waals surface area contributed by atoms with E-state index in [9.17, 15) is 0 Å². The van der Waals surface area contributed by atoms with Crippen LogP contribution < -0.4 is 0 Å². The number of aliphatic hydroxyl groups excluding tert-OH is 1. The second-order valence-corrected chi connectivity index (χ2v) is 4.74. The molecule has 0 aliphatic rings. The zero-order valence-electron chi connectivity index (χ0n) is 10.5. The van der Waals surface area contributed by atoms with E-state index in [1.807, 2.05) is 0 Å². The summed E-state index contributed by atoms with van der Waals surface area (Å²) in [5.41, 5.74) is 5.14. The van der Waals surface area contributed by atoms with Gasteiger partial charge in [-0.05, 0) is 43.9 Å². The third-order valence-corrected chi connectivity index (χ3v) is 3.13. The van der Waals surface area contributed by atoms with Crippen LogP contribution in [0.25, 0.3) is 10.9 Å². The van der Waals surface area contributed by atoms with E-state index >= 15 is 0 Å². The molecule has 0 aliphatic heterocycles. The molecule has 0 radical (unpaired) electrons. The van der Waals surface area contributed by atoms with Gasteiger partial charge in [-0.2, -0.15) is 0 Å². The molecule has 2 heteroatoms. The lowest BCUT2D eigenvalue weighted by Crippen LogP contribution is -1.86. The third kappa shape index (κ3) is 2.52. The topological polar surface area (TPSA) is 36.0 Å². The first-order valence-electron chi connectivity index (χ1n) is 6.02. The summed E-state index contributed by atoms with van der Waals surface area (Å²) in [6.45, 7) is 7.77. The van der Waals surface area contributed by atoms with Gasteiger partial charge in [0.25, 0.3) is 0 Å². The molecular weight excluding hydrogens is 210 g/mol. The Morgan fingerprint density at radius 1 is 1.35 bits per heavy atom. The summed E-state index contributed by atoms with van der Waals surface area (Å²) in [5, 5.41) is 10.4. The van der Waals surface area contributed by atoms with Gasteiger partial charge in [-0.1, -0.05) is 18.2 Å². The number of aliphatic hydroxyl groups is 1. The number of rotatable bonds is 4. The lowest BCUT2D eigenvalue weighted by Gasteiger charge is -2.02. The number of aromatic amines is 1. The highest BCUT2D eigenvalue weighted by Gasteiger charge is 2.06. The number of hydrogen-bond donors (Lipinski definition) is 2. The molecule has 1 aromatic heterocycles. The van der Waals surface area contributed by atoms with E-state index in [1.165, 1.54) is 27.6 Å². The highest BCUT2D eigenvalue weighted by atomic mass is 16.3. The molecule has 17 heavy (non-hydrogen) atoms. The van der Waals surface area contributed by atoms with Crippen molar-refractivity contribution in [3.8, 4) is 0 Å². The van der Waals surface area contributed by atoms with Crippen molar-refractivity contribution in [2.75, 3.05) is 0 Å². The van der Waals surface area contributed by atoms with Crippen molar-refractivity contribution in [1.82, 2.24) is 4.98 Å². The van der Waals surface area contributed by atoms with Crippen LogP contribution in [0.2, 0.25) is 0 Å². The van der Waals surface area contributed by atoms with Gasteiger partial charge >= 0.3 is 0 Å². The van der Waals surface area contributed by atoms with Crippen LogP contribution in [0.3, 0.4) is 0 Å². The van der Waals surface area contributed by atoms with Crippen LogP contribution in [0.5, 0.6) is 0 Å². The van der Waals surface area contributed by atoms with E-state index in [4.69, 9.17) is 5.11 Å². The summed E-state index contributed by atoms with van der Waals surface area (Å²) in [5.74, 6) is 0.275. The monoisotopic (exact) mass is 229 g/mol. The maximum Gasteiger partial charge on any atom is 0.0851 e. The van der Waals surface area contributed by atoms with Crippen molar-refractivity contribution in [2.24, 2.45) is 0 Å². The second kappa shape index (κ2) is 4.66. The van der Waals surface area contributed by atoms with Crippen LogP contribution in [-0.4, -0.2) is 10.1 Å². The van der Waals surface area contributed by atoms with E-state index in [2.05, 4.69) is 43.7 Å². The summed E-state index contributed by atoms with van der Waals surface area (Å²) in [6.07, 6.45) is 4.67. The normalized spacial score (nSPS) is 10.9. The van der Waals surface area contributed by atoms with E-state index in [0.717, 1.165) is 12.8 Å². The number of benzene rings is 1. The first-order chi connectivity index (χ1) is 8.08. The predicted octanol–water partition coefficient (Wildman–Crippen LogP) is 4.18. The summed E-state index contributed by atoms with van der Waals surface area (Å²) in [7, 11) is 0. The maximum atomic E-state index is 9.08. The molecule has 0 amide bonds. The highest BCUT2D eigenvalue weighted by Crippen LogP contribution is 2.24. The molecule has 0 unspecified atom stereocenters. The van der Waals surface area contributed by atoms with Gasteiger partial charge < -0.3 is 10.1 Å². The van der Waals surface area contributed by atoms with Gasteiger partial charge in [0.05, 0.1) is 5.76 Å². The lowest BCUT2D eigenvalue weighted by molar-refractivity contribution is 0.387. The highest BCUT2D eigenvalue weighted by molar-refractivity contribution is 5.86. The van der Waals surface area contributed by atoms with Crippen molar-refractivity contribution in [3.05, 3.63) is 47.4 Å². The van der Waals surface area contributed by atoms with Gasteiger partial charge in [0.15, 0.2) is 0 Å². The van der Waals surface area contributed by atoms with Crippen molar-refractivity contribution in [3.63, 3.8) is 0 Å². The average Bonchev–Trinajstić information content (AvgIpc) is 2.61. The van der Waals surface area contributed by atoms with Gasteiger partial charge in [-0.25, -0.2) is 0 Å². The predicted molar refractivity (Wildman–Crippen MR) is 72.5 cm³/mol. The zero-order chi connectivity index (χ0) is 12.4. The SMILES string of the molecule is C=C(O)CCCc1c[nH]c2c(C)cc(C)cc12. The first-order valence-corrected chi connectivity index (χ1v) is 6.02. The quantitative estimate of drug-likeness (QED) is 0.758. The molecule has 0 atom stereocenters. The summed E-state index contributed by atoms with van der Waals surface area (Å²) in [4.78, 5) is 3.34. The fraction of sp³-hybridized carbons (Fsp3) is 0.333. The van der Waals surface area contributed by atoms with E-state index in [-0.39, 0.29) is 5.76 Å². The molecule has 0 bridgehead atoms. The van der Waals surface area contributed by atoms with Gasteiger partial charge in [-0.15, -0.1) is 0 Å². The van der Waals surface area contributed by atoms with Crippen LogP contribution in [0, 0.1) is 13.8 Å². The summed E-state index contributed by atoms with van der Waals surface area (Å²) >= 11 is 0. The standard InChI is InChI=1S/C15H19NO/c1-10-7-11(2)15-14(8-10)13(9-16-15)6-4-5-12(3)17/h7-9,16-17H,3-6H2,1-2H3. The molecule has 1 aromatic carbocycles. The Morgan fingerprint density at radius 3 is 2.82 bits per heavy atom. The minimum Gasteiger partial charge on any atom is -0.513 e. The number of allylic oxidation sites excluding steroid dienone is 1. The number of aryl methyl sites for hydroxylation is 3. The van der Waals surface area contributed by atoms with E-state index in [0.29, 0.717) is 6.42 Å². The van der Waals surface area contributed by atoms with Gasteiger partial charge in [0, 0.05) is 23.5 Å². The van der Waals surface area contributed by atoms with Crippen LogP contribution >= 0.6 is 0 Å². The Labute approximate surface area is 102 Å². The molecule has 0 saturated carbocycles. The number of nitrogens with one attached hydrogen (secondary N) is 1. The van der Waals surface area contributed by atoms with Crippen LogP contribution in [0.15, 0.2) is 30.7 Å². The van der Waals surface area contributed by atoms with Crippen molar-refractivity contribution < 1.29 is 5.11 Å². The smallest absolute Gasteiger partial charge is 0.0851 e. The van der Waals surface area contributed by atoms with Gasteiger partial charge in [0.1, 0.15) is 0 Å². The number of H-pyrrole nitrogens is 1. The molecule has 0 fully saturated rings. The molecule has 2 aromatic rings. The number of fused-ring (bicyclic) bond motifs is 1. The largest absolute Gasteiger partial charge is 0.513 e. The Morgan fingerprint density at radius 2 is 2.12 bits per heavy atom. The van der Waals surface area contributed by atoms with Crippen molar-refractivity contribution >= 4 is 10.9 Å². The summed E-state index contributed by atoms with van der Waals surface area (Å²) in [6, 6.07) is 4.42. The molecule has 2 N–H and O–H groups in total. The Kier molecular flexibility index (Phi) is 3.23. The number of aromatic nitrogens is 1. The zero-order valence-corrected chi connectivity index (χ0v) is 10.5. The summed E-state index contributed by atoms with van der Waals surface area (Å²) < 4.78 is 0. The minimum atomic E-state index is 0.275. The third-order valence-electron chi connectivity index (χ3n) is 3.13. The molecule has 0 saturated heterocycles. The number of hydrogen-bond acceptors (Lipinski definition) is 1.